The van der Waals surface area contributed by atoms with Crippen molar-refractivity contribution in [3.63, 3.8) is 0 Å². The SMILES string of the molecule is CN(C)CC#CCCCCN. The van der Waals surface area contributed by atoms with Crippen molar-refractivity contribution in [2.45, 2.75) is 19.3 Å². The summed E-state index contributed by atoms with van der Waals surface area (Å²) in [6, 6.07) is 0. The number of unbranched alkanes of at least 4 members (excludes halogenated alkanes) is 2. The zero-order valence-corrected chi connectivity index (χ0v) is 7.56. The fourth-order valence-electron chi connectivity index (χ4n) is 0.660. The van der Waals surface area contributed by atoms with Crippen LogP contribution in [0.4, 0.5) is 0 Å². The topological polar surface area (TPSA) is 29.3 Å². The van der Waals surface area contributed by atoms with E-state index in [2.05, 4.69) is 16.7 Å². The molecule has 2 nitrogen and oxygen atoms in total. The van der Waals surface area contributed by atoms with Crippen molar-refractivity contribution < 1.29 is 0 Å². The number of nitrogens with two attached hydrogens (primary N) is 1. The van der Waals surface area contributed by atoms with Gasteiger partial charge in [0.15, 0.2) is 0 Å². The van der Waals surface area contributed by atoms with E-state index >= 15 is 0 Å². The first-order chi connectivity index (χ1) is 5.27. The van der Waals surface area contributed by atoms with Crippen LogP contribution in [0.15, 0.2) is 0 Å². The van der Waals surface area contributed by atoms with Crippen LogP contribution in [0.2, 0.25) is 0 Å². The Morgan fingerprint density at radius 2 is 1.91 bits per heavy atom. The molecule has 0 spiro atoms. The number of nitrogens with zero attached hydrogens (tertiary/aromatic N) is 1. The van der Waals surface area contributed by atoms with Crippen molar-refractivity contribution in [3.8, 4) is 11.8 Å². The van der Waals surface area contributed by atoms with E-state index in [-0.39, 0.29) is 0 Å². The van der Waals surface area contributed by atoms with Crippen molar-refractivity contribution in [1.82, 2.24) is 4.90 Å². The summed E-state index contributed by atoms with van der Waals surface area (Å²) in [5.74, 6) is 6.18. The maximum absolute atomic E-state index is 5.34. The molecule has 0 aliphatic heterocycles. The van der Waals surface area contributed by atoms with Crippen LogP contribution in [0.5, 0.6) is 0 Å². The number of rotatable bonds is 4. The van der Waals surface area contributed by atoms with E-state index in [1.807, 2.05) is 14.1 Å². The number of hydrogen-bond donors (Lipinski definition) is 1. The average molecular weight is 154 g/mol. The second-order valence-corrected chi connectivity index (χ2v) is 2.84. The van der Waals surface area contributed by atoms with Crippen LogP contribution >= 0.6 is 0 Å². The zero-order valence-electron chi connectivity index (χ0n) is 7.56. The Balaban J connectivity index is 3.12. The van der Waals surface area contributed by atoms with Gasteiger partial charge in [0.05, 0.1) is 6.54 Å². The first kappa shape index (κ1) is 10.5. The van der Waals surface area contributed by atoms with Gasteiger partial charge in [0, 0.05) is 6.42 Å². The Labute approximate surface area is 69.8 Å². The summed E-state index contributed by atoms with van der Waals surface area (Å²) in [5, 5.41) is 0. The first-order valence-electron chi connectivity index (χ1n) is 4.08. The second kappa shape index (κ2) is 7.59. The molecular formula is C9H18N2. The monoisotopic (exact) mass is 154 g/mol. The van der Waals surface area contributed by atoms with E-state index in [1.54, 1.807) is 0 Å². The van der Waals surface area contributed by atoms with Crippen LogP contribution in [0.1, 0.15) is 19.3 Å². The molecule has 2 N–H and O–H groups in total. The Hall–Kier alpha value is -0.520. The van der Waals surface area contributed by atoms with Crippen molar-refractivity contribution in [2.24, 2.45) is 5.73 Å². The molecule has 2 heteroatoms. The lowest BCUT2D eigenvalue weighted by Gasteiger charge is -2.00. The predicted molar refractivity (Wildman–Crippen MR) is 49.2 cm³/mol. The molecule has 0 aromatic carbocycles. The standard InChI is InChI=1S/C9H18N2/c1-11(2)9-7-5-3-4-6-8-10/h3-4,6,8-10H2,1-2H3. The highest BCUT2D eigenvalue weighted by atomic mass is 15.0. The van der Waals surface area contributed by atoms with Crippen LogP contribution in [-0.4, -0.2) is 32.1 Å². The smallest absolute Gasteiger partial charge is 0.0596 e. The highest BCUT2D eigenvalue weighted by molar-refractivity contribution is 5.00. The first-order valence-corrected chi connectivity index (χ1v) is 4.08. The van der Waals surface area contributed by atoms with E-state index in [0.29, 0.717) is 0 Å². The Bertz CT molecular complexity index is 130. The molecule has 0 fully saturated rings. The van der Waals surface area contributed by atoms with Gasteiger partial charge in [-0.25, -0.2) is 0 Å². The van der Waals surface area contributed by atoms with Gasteiger partial charge >= 0.3 is 0 Å². The van der Waals surface area contributed by atoms with Gasteiger partial charge in [-0.3, -0.25) is 4.90 Å². The molecule has 0 amide bonds. The summed E-state index contributed by atoms with van der Waals surface area (Å²) in [6.07, 6.45) is 3.22. The van der Waals surface area contributed by atoms with E-state index in [1.165, 1.54) is 0 Å². The van der Waals surface area contributed by atoms with Gasteiger partial charge < -0.3 is 5.73 Å². The van der Waals surface area contributed by atoms with E-state index in [0.717, 1.165) is 32.4 Å². The fourth-order valence-corrected chi connectivity index (χ4v) is 0.660. The van der Waals surface area contributed by atoms with Crippen LogP contribution in [0.25, 0.3) is 0 Å². The van der Waals surface area contributed by atoms with Crippen LogP contribution in [0.3, 0.4) is 0 Å². The lowest BCUT2D eigenvalue weighted by molar-refractivity contribution is 0.463. The molecule has 0 atom stereocenters. The normalized spacial score (nSPS) is 9.45. The van der Waals surface area contributed by atoms with Crippen LogP contribution in [0, 0.1) is 11.8 Å². The minimum absolute atomic E-state index is 0.787. The predicted octanol–water partition coefficient (Wildman–Crippen LogP) is 0.680. The molecule has 0 heterocycles. The maximum atomic E-state index is 5.34. The molecule has 64 valence electrons. The number of hydrogen-bond acceptors (Lipinski definition) is 2. The summed E-state index contributed by atoms with van der Waals surface area (Å²) < 4.78 is 0. The van der Waals surface area contributed by atoms with Crippen molar-refractivity contribution in [2.75, 3.05) is 27.2 Å². The van der Waals surface area contributed by atoms with Crippen molar-refractivity contribution in [1.29, 1.82) is 0 Å². The minimum atomic E-state index is 0.787. The summed E-state index contributed by atoms with van der Waals surface area (Å²) in [5.41, 5.74) is 5.34. The van der Waals surface area contributed by atoms with Crippen LogP contribution < -0.4 is 5.73 Å². The van der Waals surface area contributed by atoms with Gasteiger partial charge in [-0.1, -0.05) is 5.92 Å². The highest BCUT2D eigenvalue weighted by Gasteiger charge is 1.82. The third kappa shape index (κ3) is 9.48. The molecule has 0 saturated heterocycles. The second-order valence-electron chi connectivity index (χ2n) is 2.84. The lowest BCUT2D eigenvalue weighted by Crippen LogP contribution is -2.10. The minimum Gasteiger partial charge on any atom is -0.330 e. The van der Waals surface area contributed by atoms with E-state index < -0.39 is 0 Å². The maximum Gasteiger partial charge on any atom is 0.0596 e. The summed E-state index contributed by atoms with van der Waals surface area (Å²) in [6.45, 7) is 1.65. The molecule has 0 bridgehead atoms. The molecule has 0 aromatic heterocycles. The van der Waals surface area contributed by atoms with Gasteiger partial charge in [-0.2, -0.15) is 0 Å². The molecule has 0 radical (unpaired) electrons. The summed E-state index contributed by atoms with van der Waals surface area (Å²) >= 11 is 0. The van der Waals surface area contributed by atoms with Crippen LogP contribution in [-0.2, 0) is 0 Å². The fraction of sp³-hybridized carbons (Fsp3) is 0.778. The van der Waals surface area contributed by atoms with E-state index in [4.69, 9.17) is 5.73 Å². The summed E-state index contributed by atoms with van der Waals surface area (Å²) in [4.78, 5) is 2.07. The highest BCUT2D eigenvalue weighted by Crippen LogP contribution is 1.89. The van der Waals surface area contributed by atoms with E-state index in [9.17, 15) is 0 Å². The third-order valence-corrected chi connectivity index (χ3v) is 1.28. The van der Waals surface area contributed by atoms with Gasteiger partial charge in [0.1, 0.15) is 0 Å². The van der Waals surface area contributed by atoms with Gasteiger partial charge in [-0.15, -0.1) is 5.92 Å². The van der Waals surface area contributed by atoms with Crippen molar-refractivity contribution >= 4 is 0 Å². The molecular weight excluding hydrogens is 136 g/mol. The zero-order chi connectivity index (χ0) is 8.53. The molecule has 0 aromatic rings. The molecule has 0 aliphatic rings. The molecule has 0 unspecified atom stereocenters. The quantitative estimate of drug-likeness (QED) is 0.476. The largest absolute Gasteiger partial charge is 0.330 e. The Morgan fingerprint density at radius 3 is 2.45 bits per heavy atom. The van der Waals surface area contributed by atoms with Gasteiger partial charge in [0.25, 0.3) is 0 Å². The molecule has 0 saturated carbocycles. The Kier molecular flexibility index (Phi) is 7.23. The summed E-state index contributed by atoms with van der Waals surface area (Å²) in [7, 11) is 4.04. The van der Waals surface area contributed by atoms with Crippen molar-refractivity contribution in [3.05, 3.63) is 0 Å². The molecule has 0 aliphatic carbocycles. The third-order valence-electron chi connectivity index (χ3n) is 1.28. The molecule has 0 rings (SSSR count). The molecule has 11 heavy (non-hydrogen) atoms. The average Bonchev–Trinajstić information content (AvgIpc) is 1.96. The lowest BCUT2D eigenvalue weighted by atomic mass is 10.2. The Morgan fingerprint density at radius 1 is 1.18 bits per heavy atom. The van der Waals surface area contributed by atoms with Gasteiger partial charge in [-0.05, 0) is 33.5 Å². The van der Waals surface area contributed by atoms with Gasteiger partial charge in [0.2, 0.25) is 0 Å².